The summed E-state index contributed by atoms with van der Waals surface area (Å²) in [6.45, 7) is 7.96. The first-order valence-corrected chi connectivity index (χ1v) is 9.42. The van der Waals surface area contributed by atoms with Crippen LogP contribution in [0.4, 0.5) is 0 Å². The van der Waals surface area contributed by atoms with Gasteiger partial charge in [-0.3, -0.25) is 9.69 Å². The van der Waals surface area contributed by atoms with E-state index >= 15 is 0 Å². The van der Waals surface area contributed by atoms with Crippen molar-refractivity contribution in [2.45, 2.75) is 58.4 Å². The minimum absolute atomic E-state index is 0.165. The number of likely N-dealkylation sites (tertiary alicyclic amines) is 2. The van der Waals surface area contributed by atoms with Crippen LogP contribution in [0.25, 0.3) is 0 Å². The molecular weight excluding hydrogens is 304 g/mol. The Kier molecular flexibility index (Phi) is 4.11. The third-order valence-corrected chi connectivity index (χ3v) is 6.40. The molecule has 1 amide bonds. The highest BCUT2D eigenvalue weighted by Crippen LogP contribution is 2.60. The number of hydrogen-bond donors (Lipinski definition) is 0. The van der Waals surface area contributed by atoms with Gasteiger partial charge in [0, 0.05) is 25.9 Å². The average molecular weight is 332 g/mol. The lowest BCUT2D eigenvalue weighted by molar-refractivity contribution is -0.134. The van der Waals surface area contributed by atoms with Gasteiger partial charge in [-0.05, 0) is 64.0 Å². The summed E-state index contributed by atoms with van der Waals surface area (Å²) >= 11 is 0. The third kappa shape index (κ3) is 2.85. The molecule has 0 radical (unpaired) electrons. The lowest BCUT2D eigenvalue weighted by Gasteiger charge is -2.36. The summed E-state index contributed by atoms with van der Waals surface area (Å²) in [5.74, 6) is 2.06. The van der Waals surface area contributed by atoms with Gasteiger partial charge in [-0.1, -0.05) is 0 Å². The van der Waals surface area contributed by atoms with Crippen LogP contribution in [0.3, 0.4) is 0 Å². The second kappa shape index (κ2) is 6.14. The number of rotatable bonds is 3. The quantitative estimate of drug-likeness (QED) is 0.851. The van der Waals surface area contributed by atoms with E-state index in [4.69, 9.17) is 4.42 Å². The molecule has 2 unspecified atom stereocenters. The molecule has 1 spiro atoms. The molecule has 0 aromatic carbocycles. The summed E-state index contributed by atoms with van der Waals surface area (Å²) in [7, 11) is 0. The zero-order chi connectivity index (χ0) is 16.7. The maximum absolute atomic E-state index is 12.8. The monoisotopic (exact) mass is 332 g/mol. The summed E-state index contributed by atoms with van der Waals surface area (Å²) in [5.41, 5.74) is 0.287. The van der Waals surface area contributed by atoms with Crippen molar-refractivity contribution in [2.24, 2.45) is 11.3 Å². The summed E-state index contributed by atoms with van der Waals surface area (Å²) < 4.78 is 5.58. The summed E-state index contributed by atoms with van der Waals surface area (Å²) in [4.78, 5) is 17.3. The Morgan fingerprint density at radius 2 is 1.88 bits per heavy atom. The van der Waals surface area contributed by atoms with Crippen LogP contribution < -0.4 is 0 Å². The molecule has 2 saturated heterocycles. The maximum atomic E-state index is 12.8. The number of amides is 1. The SMILES string of the molecule is Cc1nnc(C(C)N2CCC3(CC2)CC3C(=O)N2CCCCC2)o1. The zero-order valence-corrected chi connectivity index (χ0v) is 14.8. The molecule has 3 heterocycles. The van der Waals surface area contributed by atoms with Crippen LogP contribution in [0.1, 0.15) is 63.3 Å². The van der Waals surface area contributed by atoms with E-state index in [2.05, 4.69) is 26.9 Å². The number of hydrogen-bond acceptors (Lipinski definition) is 5. The van der Waals surface area contributed by atoms with Crippen LogP contribution in [0.2, 0.25) is 0 Å². The normalized spacial score (nSPS) is 28.1. The molecular formula is C18H28N4O2. The van der Waals surface area contributed by atoms with Crippen molar-refractivity contribution in [1.82, 2.24) is 20.0 Å². The van der Waals surface area contributed by atoms with Crippen molar-refractivity contribution in [3.8, 4) is 0 Å². The highest BCUT2D eigenvalue weighted by Gasteiger charge is 2.59. The minimum atomic E-state index is 0.165. The molecule has 3 aliphatic rings. The van der Waals surface area contributed by atoms with Crippen LogP contribution in [-0.2, 0) is 4.79 Å². The van der Waals surface area contributed by atoms with Crippen LogP contribution in [-0.4, -0.2) is 52.1 Å². The first-order chi connectivity index (χ1) is 11.6. The van der Waals surface area contributed by atoms with Gasteiger partial charge < -0.3 is 9.32 Å². The number of carbonyl (C=O) groups is 1. The first kappa shape index (κ1) is 16.1. The molecule has 2 atom stereocenters. The van der Waals surface area contributed by atoms with E-state index in [0.29, 0.717) is 23.6 Å². The Hall–Kier alpha value is -1.43. The van der Waals surface area contributed by atoms with E-state index in [1.54, 1.807) is 0 Å². The molecule has 0 bridgehead atoms. The fourth-order valence-electron chi connectivity index (χ4n) is 4.58. The van der Waals surface area contributed by atoms with Crippen molar-refractivity contribution >= 4 is 5.91 Å². The van der Waals surface area contributed by atoms with Gasteiger partial charge >= 0.3 is 0 Å². The maximum Gasteiger partial charge on any atom is 0.233 e. The van der Waals surface area contributed by atoms with E-state index in [-0.39, 0.29) is 11.5 Å². The predicted octanol–water partition coefficient (Wildman–Crippen LogP) is 2.55. The van der Waals surface area contributed by atoms with Crippen molar-refractivity contribution in [3.63, 3.8) is 0 Å². The van der Waals surface area contributed by atoms with Crippen LogP contribution in [0.15, 0.2) is 4.42 Å². The molecule has 1 saturated carbocycles. The van der Waals surface area contributed by atoms with Crippen LogP contribution >= 0.6 is 0 Å². The van der Waals surface area contributed by atoms with E-state index in [1.165, 1.54) is 19.3 Å². The molecule has 2 aliphatic heterocycles. The second-order valence-corrected chi connectivity index (χ2v) is 7.88. The lowest BCUT2D eigenvalue weighted by Crippen LogP contribution is -2.41. The Labute approximate surface area is 143 Å². The highest BCUT2D eigenvalue weighted by molar-refractivity contribution is 5.82. The molecule has 3 fully saturated rings. The molecule has 4 rings (SSSR count). The fourth-order valence-corrected chi connectivity index (χ4v) is 4.58. The van der Waals surface area contributed by atoms with Crippen LogP contribution in [0, 0.1) is 18.3 Å². The van der Waals surface area contributed by atoms with Gasteiger partial charge in [-0.25, -0.2) is 0 Å². The Balaban J connectivity index is 1.32. The Morgan fingerprint density at radius 1 is 1.17 bits per heavy atom. The predicted molar refractivity (Wildman–Crippen MR) is 89.2 cm³/mol. The molecule has 1 aliphatic carbocycles. The summed E-state index contributed by atoms with van der Waals surface area (Å²) in [6.07, 6.45) is 6.98. The van der Waals surface area contributed by atoms with Crippen molar-refractivity contribution in [3.05, 3.63) is 11.8 Å². The number of carbonyl (C=O) groups excluding carboxylic acids is 1. The Bertz CT molecular complexity index is 600. The van der Waals surface area contributed by atoms with Gasteiger partial charge in [0.15, 0.2) is 0 Å². The molecule has 1 aromatic heterocycles. The van der Waals surface area contributed by atoms with E-state index < -0.39 is 0 Å². The summed E-state index contributed by atoms with van der Waals surface area (Å²) in [6, 6.07) is 0.165. The molecule has 24 heavy (non-hydrogen) atoms. The topological polar surface area (TPSA) is 62.5 Å². The van der Waals surface area contributed by atoms with E-state index in [1.807, 2.05) is 6.92 Å². The van der Waals surface area contributed by atoms with Gasteiger partial charge in [0.05, 0.1) is 6.04 Å². The third-order valence-electron chi connectivity index (χ3n) is 6.40. The number of nitrogens with zero attached hydrogens (tertiary/aromatic N) is 4. The average Bonchev–Trinajstić information content (AvgIpc) is 3.13. The van der Waals surface area contributed by atoms with Crippen molar-refractivity contribution in [1.29, 1.82) is 0 Å². The minimum Gasteiger partial charge on any atom is -0.424 e. The van der Waals surface area contributed by atoms with Crippen molar-refractivity contribution < 1.29 is 9.21 Å². The molecule has 6 heteroatoms. The number of aryl methyl sites for hydroxylation is 1. The molecule has 132 valence electrons. The van der Waals surface area contributed by atoms with Crippen LogP contribution in [0.5, 0.6) is 0 Å². The molecule has 0 N–H and O–H groups in total. The Morgan fingerprint density at radius 3 is 2.50 bits per heavy atom. The van der Waals surface area contributed by atoms with Gasteiger partial charge in [0.25, 0.3) is 0 Å². The van der Waals surface area contributed by atoms with Gasteiger partial charge in [0.2, 0.25) is 17.7 Å². The highest BCUT2D eigenvalue weighted by atomic mass is 16.4. The summed E-state index contributed by atoms with van der Waals surface area (Å²) in [5, 5.41) is 8.10. The second-order valence-electron chi connectivity index (χ2n) is 7.88. The molecule has 6 nitrogen and oxygen atoms in total. The van der Waals surface area contributed by atoms with E-state index in [9.17, 15) is 4.79 Å². The van der Waals surface area contributed by atoms with E-state index in [0.717, 1.165) is 45.4 Å². The zero-order valence-electron chi connectivity index (χ0n) is 14.8. The fraction of sp³-hybridized carbons (Fsp3) is 0.833. The van der Waals surface area contributed by atoms with Crippen molar-refractivity contribution in [2.75, 3.05) is 26.2 Å². The largest absolute Gasteiger partial charge is 0.424 e. The van der Waals surface area contributed by atoms with Gasteiger partial charge in [-0.15, -0.1) is 10.2 Å². The smallest absolute Gasteiger partial charge is 0.233 e. The number of aromatic nitrogens is 2. The van der Waals surface area contributed by atoms with Gasteiger partial charge in [0.1, 0.15) is 0 Å². The molecule has 1 aromatic rings. The number of piperidine rings is 2. The van der Waals surface area contributed by atoms with Gasteiger partial charge in [-0.2, -0.15) is 0 Å². The lowest BCUT2D eigenvalue weighted by atomic mass is 9.89. The first-order valence-electron chi connectivity index (χ1n) is 9.42. The standard InChI is InChI=1S/C18H28N4O2/c1-13(16-20-19-14(2)24-16)21-10-6-18(7-11-21)12-15(18)17(23)22-8-4-3-5-9-22/h13,15H,3-12H2,1-2H3.